The van der Waals surface area contributed by atoms with Crippen molar-refractivity contribution in [2.75, 3.05) is 13.1 Å². The quantitative estimate of drug-likeness (QED) is 0.907. The number of likely N-dealkylation sites (tertiary alicyclic amines) is 1. The molecule has 1 saturated carbocycles. The molecule has 2 nitrogen and oxygen atoms in total. The number of halogens is 1. The van der Waals surface area contributed by atoms with Gasteiger partial charge in [-0.1, -0.05) is 36.6 Å². The molecule has 1 saturated heterocycles. The lowest BCUT2D eigenvalue weighted by Gasteiger charge is -2.43. The Bertz CT molecular complexity index is 476. The summed E-state index contributed by atoms with van der Waals surface area (Å²) in [7, 11) is 0. The van der Waals surface area contributed by atoms with E-state index in [1.54, 1.807) is 0 Å². The van der Waals surface area contributed by atoms with E-state index in [1.807, 2.05) is 25.1 Å². The molecule has 1 aromatic rings. The highest BCUT2D eigenvalue weighted by Crippen LogP contribution is 2.46. The molecular weight excluding hydrogens is 270 g/mol. The molecule has 1 atom stereocenters. The van der Waals surface area contributed by atoms with Crippen LogP contribution in [0.1, 0.15) is 55.8 Å². The summed E-state index contributed by atoms with van der Waals surface area (Å²) >= 11 is 6.24. The van der Waals surface area contributed by atoms with E-state index in [9.17, 15) is 5.11 Å². The van der Waals surface area contributed by atoms with Gasteiger partial charge in [-0.2, -0.15) is 0 Å². The van der Waals surface area contributed by atoms with Gasteiger partial charge < -0.3 is 5.11 Å². The number of hydrogen-bond donors (Lipinski definition) is 1. The predicted molar refractivity (Wildman–Crippen MR) is 83.2 cm³/mol. The van der Waals surface area contributed by atoms with Crippen molar-refractivity contribution in [3.63, 3.8) is 0 Å². The van der Waals surface area contributed by atoms with Crippen molar-refractivity contribution in [3.8, 4) is 0 Å². The van der Waals surface area contributed by atoms with Crippen LogP contribution in [0.25, 0.3) is 0 Å². The normalized spacial score (nSPS) is 24.1. The van der Waals surface area contributed by atoms with Crippen LogP contribution in [-0.4, -0.2) is 28.6 Å². The minimum Gasteiger partial charge on any atom is -0.386 e. The van der Waals surface area contributed by atoms with Crippen molar-refractivity contribution in [3.05, 3.63) is 34.3 Å². The number of aliphatic hydroxyl groups is 1. The van der Waals surface area contributed by atoms with Gasteiger partial charge in [0, 0.05) is 5.02 Å². The standard InChI is InChI=1S/C17H24ClNO/c1-13-6-7-14(12-15(13)18)16(20)17(8-2-3-9-17)19-10-4-5-11-19/h6-7,12,16,20H,2-5,8-11H2,1H3. The Morgan fingerprint density at radius 2 is 1.80 bits per heavy atom. The van der Waals surface area contributed by atoms with E-state index in [1.165, 1.54) is 25.7 Å². The highest BCUT2D eigenvalue weighted by molar-refractivity contribution is 6.31. The first-order chi connectivity index (χ1) is 9.63. The topological polar surface area (TPSA) is 23.5 Å². The molecule has 110 valence electrons. The van der Waals surface area contributed by atoms with Gasteiger partial charge >= 0.3 is 0 Å². The van der Waals surface area contributed by atoms with Crippen LogP contribution in [-0.2, 0) is 0 Å². The third-order valence-electron chi connectivity index (χ3n) is 5.23. The monoisotopic (exact) mass is 293 g/mol. The summed E-state index contributed by atoms with van der Waals surface area (Å²) in [5.74, 6) is 0. The Balaban J connectivity index is 1.92. The fourth-order valence-electron chi connectivity index (χ4n) is 4.00. The number of benzene rings is 1. The molecule has 0 spiro atoms. The van der Waals surface area contributed by atoms with Gasteiger partial charge in [0.2, 0.25) is 0 Å². The van der Waals surface area contributed by atoms with Crippen LogP contribution in [0, 0.1) is 6.92 Å². The molecule has 3 rings (SSSR count). The Morgan fingerprint density at radius 1 is 1.15 bits per heavy atom. The molecule has 20 heavy (non-hydrogen) atoms. The Hall–Kier alpha value is -0.570. The summed E-state index contributed by atoms with van der Waals surface area (Å²) in [5, 5.41) is 11.8. The highest BCUT2D eigenvalue weighted by atomic mass is 35.5. The van der Waals surface area contributed by atoms with E-state index >= 15 is 0 Å². The van der Waals surface area contributed by atoms with Crippen molar-refractivity contribution < 1.29 is 5.11 Å². The molecule has 0 amide bonds. The highest BCUT2D eigenvalue weighted by Gasteiger charge is 2.46. The summed E-state index contributed by atoms with van der Waals surface area (Å²) in [4.78, 5) is 2.54. The molecule has 1 aliphatic heterocycles. The van der Waals surface area contributed by atoms with Gasteiger partial charge in [-0.25, -0.2) is 0 Å². The average Bonchev–Trinajstić information content (AvgIpc) is 3.12. The first kappa shape index (κ1) is 14.4. The van der Waals surface area contributed by atoms with Crippen LogP contribution in [0.4, 0.5) is 0 Å². The van der Waals surface area contributed by atoms with Crippen LogP contribution >= 0.6 is 11.6 Å². The summed E-state index contributed by atoms with van der Waals surface area (Å²) in [6.07, 6.45) is 6.80. The molecule has 1 N–H and O–H groups in total. The van der Waals surface area contributed by atoms with Crippen molar-refractivity contribution in [1.82, 2.24) is 4.90 Å². The molecule has 2 fully saturated rings. The van der Waals surface area contributed by atoms with Crippen LogP contribution in [0.15, 0.2) is 18.2 Å². The number of aryl methyl sites for hydroxylation is 1. The largest absolute Gasteiger partial charge is 0.386 e. The molecule has 1 aliphatic carbocycles. The first-order valence-corrected chi connectivity index (χ1v) is 8.20. The fourth-order valence-corrected chi connectivity index (χ4v) is 4.19. The van der Waals surface area contributed by atoms with Crippen molar-refractivity contribution in [2.45, 2.75) is 57.1 Å². The number of rotatable bonds is 3. The zero-order valence-electron chi connectivity index (χ0n) is 12.2. The minimum absolute atomic E-state index is 0.0465. The first-order valence-electron chi connectivity index (χ1n) is 7.83. The Labute approximate surface area is 126 Å². The van der Waals surface area contributed by atoms with E-state index in [2.05, 4.69) is 4.90 Å². The number of hydrogen-bond acceptors (Lipinski definition) is 2. The van der Waals surface area contributed by atoms with Gasteiger partial charge in [0.1, 0.15) is 0 Å². The maximum absolute atomic E-state index is 11.0. The number of aliphatic hydroxyl groups excluding tert-OH is 1. The third kappa shape index (κ3) is 2.38. The number of nitrogens with zero attached hydrogens (tertiary/aromatic N) is 1. The van der Waals surface area contributed by atoms with E-state index in [0.29, 0.717) is 0 Å². The van der Waals surface area contributed by atoms with Crippen molar-refractivity contribution in [1.29, 1.82) is 0 Å². The summed E-state index contributed by atoms with van der Waals surface area (Å²) < 4.78 is 0. The molecule has 2 aliphatic rings. The van der Waals surface area contributed by atoms with Gasteiger partial charge in [-0.05, 0) is 62.9 Å². The fraction of sp³-hybridized carbons (Fsp3) is 0.647. The second-order valence-corrected chi connectivity index (χ2v) is 6.82. The predicted octanol–water partition coefficient (Wildman–Crippen LogP) is 4.09. The average molecular weight is 294 g/mol. The lowest BCUT2D eigenvalue weighted by atomic mass is 9.84. The third-order valence-corrected chi connectivity index (χ3v) is 5.63. The molecule has 1 heterocycles. The summed E-state index contributed by atoms with van der Waals surface area (Å²) in [6, 6.07) is 6.02. The zero-order chi connectivity index (χ0) is 14.2. The second kappa shape index (κ2) is 5.67. The Kier molecular flexibility index (Phi) is 4.07. The molecule has 1 unspecified atom stereocenters. The molecule has 0 aromatic heterocycles. The van der Waals surface area contributed by atoms with Crippen molar-refractivity contribution >= 4 is 11.6 Å². The van der Waals surface area contributed by atoms with E-state index in [4.69, 9.17) is 11.6 Å². The second-order valence-electron chi connectivity index (χ2n) is 6.42. The van der Waals surface area contributed by atoms with E-state index in [0.717, 1.165) is 42.1 Å². The van der Waals surface area contributed by atoms with Gasteiger partial charge in [0.25, 0.3) is 0 Å². The smallest absolute Gasteiger partial charge is 0.0974 e. The Morgan fingerprint density at radius 3 is 2.40 bits per heavy atom. The molecular formula is C17H24ClNO. The lowest BCUT2D eigenvalue weighted by Crippen LogP contribution is -2.49. The van der Waals surface area contributed by atoms with Gasteiger partial charge in [0.15, 0.2) is 0 Å². The van der Waals surface area contributed by atoms with Crippen LogP contribution in [0.2, 0.25) is 5.02 Å². The maximum Gasteiger partial charge on any atom is 0.0974 e. The summed E-state index contributed by atoms with van der Waals surface area (Å²) in [5.41, 5.74) is 2.01. The molecule has 3 heteroatoms. The molecule has 1 aromatic carbocycles. The van der Waals surface area contributed by atoms with E-state index < -0.39 is 6.10 Å². The molecule has 0 bridgehead atoms. The van der Waals surface area contributed by atoms with Crippen LogP contribution in [0.5, 0.6) is 0 Å². The SMILES string of the molecule is Cc1ccc(C(O)C2(N3CCCC3)CCCC2)cc1Cl. The van der Waals surface area contributed by atoms with Gasteiger partial charge in [-0.3, -0.25) is 4.90 Å². The zero-order valence-corrected chi connectivity index (χ0v) is 13.0. The van der Waals surface area contributed by atoms with E-state index in [-0.39, 0.29) is 5.54 Å². The minimum atomic E-state index is -0.416. The summed E-state index contributed by atoms with van der Waals surface area (Å²) in [6.45, 7) is 4.28. The van der Waals surface area contributed by atoms with Gasteiger partial charge in [-0.15, -0.1) is 0 Å². The maximum atomic E-state index is 11.0. The lowest BCUT2D eigenvalue weighted by molar-refractivity contribution is -0.0195. The van der Waals surface area contributed by atoms with Crippen molar-refractivity contribution in [2.24, 2.45) is 0 Å². The molecule has 0 radical (unpaired) electrons. The van der Waals surface area contributed by atoms with Crippen LogP contribution in [0.3, 0.4) is 0 Å². The van der Waals surface area contributed by atoms with Crippen LogP contribution < -0.4 is 0 Å². The van der Waals surface area contributed by atoms with Gasteiger partial charge in [0.05, 0.1) is 11.6 Å².